The minimum Gasteiger partial charge on any atom is -0.378 e. The number of thiophene rings is 1. The van der Waals surface area contributed by atoms with Crippen molar-refractivity contribution in [1.29, 1.82) is 0 Å². The summed E-state index contributed by atoms with van der Waals surface area (Å²) in [7, 11) is 0. The van der Waals surface area contributed by atoms with Crippen molar-refractivity contribution in [1.82, 2.24) is 9.80 Å². The second-order valence-electron chi connectivity index (χ2n) is 5.82. The summed E-state index contributed by atoms with van der Waals surface area (Å²) in [6, 6.07) is 2.06. The van der Waals surface area contributed by atoms with Gasteiger partial charge in [-0.25, -0.2) is 4.39 Å². The minimum absolute atomic E-state index is 0.207. The maximum atomic E-state index is 15.2. The topological polar surface area (TPSA) is 32.8 Å². The standard InChI is InChI=1S/C15H21FN2O2S/c16-15(14(19)18-5-7-20-8-6-18)3-1-4-17(12-15)10-13-2-9-21-11-13/h2,9,11H,1,3-8,10,12H2. The number of morpholine rings is 1. The molecule has 0 radical (unpaired) electrons. The van der Waals surface area contributed by atoms with E-state index in [1.54, 1.807) is 16.2 Å². The first-order chi connectivity index (χ1) is 10.2. The third-order valence-electron chi connectivity index (χ3n) is 4.19. The number of carbonyl (C=O) groups is 1. The summed E-state index contributed by atoms with van der Waals surface area (Å²) in [6.07, 6.45) is 1.07. The van der Waals surface area contributed by atoms with Crippen LogP contribution in [0.5, 0.6) is 0 Å². The normalized spacial score (nSPS) is 27.8. The molecule has 2 fully saturated rings. The van der Waals surface area contributed by atoms with Gasteiger partial charge in [-0.3, -0.25) is 9.69 Å². The molecule has 0 saturated carbocycles. The van der Waals surface area contributed by atoms with Crippen molar-refractivity contribution in [3.8, 4) is 0 Å². The number of piperidine rings is 1. The smallest absolute Gasteiger partial charge is 0.261 e. The molecule has 1 amide bonds. The van der Waals surface area contributed by atoms with E-state index >= 15 is 4.39 Å². The highest BCUT2D eigenvalue weighted by Gasteiger charge is 2.45. The molecule has 1 aromatic heterocycles. The van der Waals surface area contributed by atoms with Gasteiger partial charge >= 0.3 is 0 Å². The quantitative estimate of drug-likeness (QED) is 0.855. The molecule has 0 bridgehead atoms. The summed E-state index contributed by atoms with van der Waals surface area (Å²) >= 11 is 1.65. The van der Waals surface area contributed by atoms with Crippen molar-refractivity contribution in [2.75, 3.05) is 39.4 Å². The molecule has 2 aliphatic rings. The summed E-state index contributed by atoms with van der Waals surface area (Å²) in [5.74, 6) is -0.346. The summed E-state index contributed by atoms with van der Waals surface area (Å²) in [5, 5.41) is 4.11. The van der Waals surface area contributed by atoms with Crippen LogP contribution in [0.3, 0.4) is 0 Å². The molecule has 6 heteroatoms. The number of alkyl halides is 1. The van der Waals surface area contributed by atoms with Crippen LogP contribution in [0.4, 0.5) is 4.39 Å². The lowest BCUT2D eigenvalue weighted by atomic mass is 9.92. The molecule has 1 aromatic rings. The first kappa shape index (κ1) is 14.9. The number of likely N-dealkylation sites (tertiary alicyclic amines) is 1. The van der Waals surface area contributed by atoms with Gasteiger partial charge in [-0.2, -0.15) is 11.3 Å². The molecule has 21 heavy (non-hydrogen) atoms. The number of hydrogen-bond donors (Lipinski definition) is 0. The number of carbonyl (C=O) groups excluding carboxylic acids is 1. The minimum atomic E-state index is -1.73. The van der Waals surface area contributed by atoms with Crippen molar-refractivity contribution < 1.29 is 13.9 Å². The Labute approximate surface area is 128 Å². The molecule has 0 aliphatic carbocycles. The lowest BCUT2D eigenvalue weighted by Crippen LogP contribution is -2.57. The van der Waals surface area contributed by atoms with Gasteiger partial charge in [0.15, 0.2) is 0 Å². The van der Waals surface area contributed by atoms with Gasteiger partial charge in [-0.15, -0.1) is 0 Å². The zero-order chi connectivity index (χ0) is 14.7. The Balaban J connectivity index is 1.64. The summed E-state index contributed by atoms with van der Waals surface area (Å²) in [4.78, 5) is 16.2. The fraction of sp³-hybridized carbons (Fsp3) is 0.667. The molecule has 4 nitrogen and oxygen atoms in total. The highest BCUT2D eigenvalue weighted by molar-refractivity contribution is 7.07. The van der Waals surface area contributed by atoms with Crippen LogP contribution in [-0.4, -0.2) is 60.8 Å². The lowest BCUT2D eigenvalue weighted by Gasteiger charge is -2.39. The Bertz CT molecular complexity index is 476. The number of nitrogens with zero attached hydrogens (tertiary/aromatic N) is 2. The number of amides is 1. The highest BCUT2D eigenvalue weighted by Crippen LogP contribution is 2.29. The summed E-state index contributed by atoms with van der Waals surface area (Å²) in [5.41, 5.74) is -0.533. The van der Waals surface area contributed by atoms with Gasteiger partial charge in [0.25, 0.3) is 5.91 Å². The molecule has 2 aliphatic heterocycles. The molecule has 0 N–H and O–H groups in total. The first-order valence-corrected chi connectivity index (χ1v) is 8.41. The first-order valence-electron chi connectivity index (χ1n) is 7.47. The average Bonchev–Trinajstić information content (AvgIpc) is 3.00. The van der Waals surface area contributed by atoms with Crippen molar-refractivity contribution >= 4 is 17.2 Å². The van der Waals surface area contributed by atoms with Crippen LogP contribution < -0.4 is 0 Å². The van der Waals surface area contributed by atoms with Gasteiger partial charge in [0, 0.05) is 26.2 Å². The van der Waals surface area contributed by atoms with Crippen LogP contribution in [0.2, 0.25) is 0 Å². The monoisotopic (exact) mass is 312 g/mol. The zero-order valence-corrected chi connectivity index (χ0v) is 12.9. The summed E-state index contributed by atoms with van der Waals surface area (Å²) < 4.78 is 20.4. The predicted octanol–water partition coefficient (Wildman–Crippen LogP) is 1.91. The third-order valence-corrected chi connectivity index (χ3v) is 4.92. The van der Waals surface area contributed by atoms with Crippen LogP contribution in [0.25, 0.3) is 0 Å². The third kappa shape index (κ3) is 3.44. The fourth-order valence-corrected chi connectivity index (χ4v) is 3.76. The van der Waals surface area contributed by atoms with Gasteiger partial charge in [0.1, 0.15) is 0 Å². The fourth-order valence-electron chi connectivity index (χ4n) is 3.10. The van der Waals surface area contributed by atoms with Gasteiger partial charge in [0.05, 0.1) is 13.2 Å². The molecule has 2 saturated heterocycles. The number of hydrogen-bond acceptors (Lipinski definition) is 4. The van der Waals surface area contributed by atoms with Gasteiger partial charge in [-0.1, -0.05) is 0 Å². The van der Waals surface area contributed by atoms with E-state index in [-0.39, 0.29) is 12.5 Å². The van der Waals surface area contributed by atoms with E-state index in [1.165, 1.54) is 5.56 Å². The van der Waals surface area contributed by atoms with Crippen molar-refractivity contribution in [2.45, 2.75) is 25.1 Å². The Kier molecular flexibility index (Phi) is 4.57. The number of ether oxygens (including phenoxy) is 1. The Hall–Kier alpha value is -0.980. The maximum absolute atomic E-state index is 15.2. The van der Waals surface area contributed by atoms with Crippen LogP contribution in [0.15, 0.2) is 16.8 Å². The van der Waals surface area contributed by atoms with Gasteiger partial charge in [-0.05, 0) is 41.8 Å². The van der Waals surface area contributed by atoms with E-state index in [0.29, 0.717) is 32.7 Å². The Morgan fingerprint density at radius 1 is 1.38 bits per heavy atom. The van der Waals surface area contributed by atoms with Crippen LogP contribution in [-0.2, 0) is 16.1 Å². The molecular formula is C15H21FN2O2S. The van der Waals surface area contributed by atoms with Crippen LogP contribution in [0.1, 0.15) is 18.4 Å². The SMILES string of the molecule is O=C(N1CCOCC1)C1(F)CCCN(Cc2ccsc2)C1. The van der Waals surface area contributed by atoms with E-state index in [1.807, 2.05) is 5.38 Å². The van der Waals surface area contributed by atoms with Crippen molar-refractivity contribution in [2.24, 2.45) is 0 Å². The van der Waals surface area contributed by atoms with Crippen molar-refractivity contribution in [3.05, 3.63) is 22.4 Å². The zero-order valence-electron chi connectivity index (χ0n) is 12.1. The second-order valence-corrected chi connectivity index (χ2v) is 6.60. The number of rotatable bonds is 3. The molecule has 0 aromatic carbocycles. The van der Waals surface area contributed by atoms with Crippen molar-refractivity contribution in [3.63, 3.8) is 0 Å². The molecule has 116 valence electrons. The Morgan fingerprint density at radius 3 is 2.90 bits per heavy atom. The average molecular weight is 312 g/mol. The molecule has 1 unspecified atom stereocenters. The molecular weight excluding hydrogens is 291 g/mol. The van der Waals surface area contributed by atoms with Crippen LogP contribution >= 0.6 is 11.3 Å². The molecule has 0 spiro atoms. The van der Waals surface area contributed by atoms with Gasteiger partial charge < -0.3 is 9.64 Å². The highest BCUT2D eigenvalue weighted by atomic mass is 32.1. The van der Waals surface area contributed by atoms with E-state index in [4.69, 9.17) is 4.74 Å². The predicted molar refractivity (Wildman–Crippen MR) is 80.1 cm³/mol. The summed E-state index contributed by atoms with van der Waals surface area (Å²) in [6.45, 7) is 3.84. The molecule has 3 heterocycles. The molecule has 3 rings (SSSR count). The van der Waals surface area contributed by atoms with E-state index in [9.17, 15) is 4.79 Å². The molecule has 1 atom stereocenters. The van der Waals surface area contributed by atoms with E-state index in [0.717, 1.165) is 19.5 Å². The number of halogens is 1. The van der Waals surface area contributed by atoms with E-state index < -0.39 is 5.67 Å². The van der Waals surface area contributed by atoms with E-state index in [2.05, 4.69) is 16.3 Å². The second kappa shape index (κ2) is 6.42. The lowest BCUT2D eigenvalue weighted by molar-refractivity contribution is -0.152. The van der Waals surface area contributed by atoms with Crippen LogP contribution in [0, 0.1) is 0 Å². The maximum Gasteiger partial charge on any atom is 0.261 e. The largest absolute Gasteiger partial charge is 0.378 e. The van der Waals surface area contributed by atoms with Gasteiger partial charge in [0.2, 0.25) is 5.67 Å². The Morgan fingerprint density at radius 2 is 2.19 bits per heavy atom.